The number of amides is 1. The molecule has 7 heteroatoms. The van der Waals surface area contributed by atoms with Crippen molar-refractivity contribution in [3.05, 3.63) is 23.1 Å². The first-order valence-corrected chi connectivity index (χ1v) is 4.01. The Morgan fingerprint density at radius 1 is 1.71 bits per heavy atom. The molecule has 76 valence electrons. The molecule has 4 N–H and O–H groups in total. The molecule has 0 aliphatic carbocycles. The molecule has 1 aromatic heterocycles. The molecule has 0 fully saturated rings. The molecule has 0 spiro atoms. The second-order valence-electron chi connectivity index (χ2n) is 2.38. The summed E-state index contributed by atoms with van der Waals surface area (Å²) in [5.74, 6) is -0.514. The summed E-state index contributed by atoms with van der Waals surface area (Å²) in [5, 5.41) is 13.4. The first-order chi connectivity index (χ1) is 6.63. The van der Waals surface area contributed by atoms with Crippen molar-refractivity contribution >= 4 is 23.3 Å². The number of oxime groups is 1. The smallest absolute Gasteiger partial charge is 0.287 e. The van der Waals surface area contributed by atoms with Crippen molar-refractivity contribution in [2.75, 3.05) is 6.54 Å². The van der Waals surface area contributed by atoms with Crippen molar-refractivity contribution in [2.45, 2.75) is 0 Å². The number of rotatable bonds is 3. The Morgan fingerprint density at radius 2 is 2.43 bits per heavy atom. The number of carbonyl (C=O) groups excluding carboxylic acids is 1. The summed E-state index contributed by atoms with van der Waals surface area (Å²) in [4.78, 5) is 11.2. The summed E-state index contributed by atoms with van der Waals surface area (Å²) in [6.07, 6.45) is 0. The Bertz CT molecular complexity index is 361. The molecule has 0 aromatic carbocycles. The number of nitrogens with zero attached hydrogens (tertiary/aromatic N) is 1. The minimum atomic E-state index is -0.483. The fourth-order valence-electron chi connectivity index (χ4n) is 0.730. The maximum Gasteiger partial charge on any atom is 0.287 e. The topological polar surface area (TPSA) is 101 Å². The lowest BCUT2D eigenvalue weighted by molar-refractivity contribution is 0.0931. The normalized spacial score (nSPS) is 11.4. The Kier molecular flexibility index (Phi) is 3.35. The van der Waals surface area contributed by atoms with E-state index >= 15 is 0 Å². The van der Waals surface area contributed by atoms with E-state index in [2.05, 4.69) is 10.5 Å². The van der Waals surface area contributed by atoms with Gasteiger partial charge in [0.05, 0.1) is 6.54 Å². The highest BCUT2D eigenvalue weighted by atomic mass is 35.5. The molecule has 1 rings (SSSR count). The minimum Gasteiger partial charge on any atom is -0.440 e. The summed E-state index contributed by atoms with van der Waals surface area (Å²) < 4.78 is 4.82. The molecule has 0 saturated heterocycles. The van der Waals surface area contributed by atoms with E-state index in [-0.39, 0.29) is 23.4 Å². The third kappa shape index (κ3) is 2.67. The zero-order valence-electron chi connectivity index (χ0n) is 7.03. The van der Waals surface area contributed by atoms with Crippen LogP contribution in [0.15, 0.2) is 21.7 Å². The lowest BCUT2D eigenvalue weighted by Gasteiger charge is -2.00. The lowest BCUT2D eigenvalue weighted by atomic mass is 10.4. The first-order valence-electron chi connectivity index (χ1n) is 3.63. The Hall–Kier alpha value is -1.69. The zero-order chi connectivity index (χ0) is 10.6. The molecule has 0 radical (unpaired) electrons. The summed E-state index contributed by atoms with van der Waals surface area (Å²) in [5.41, 5.74) is 5.13. The van der Waals surface area contributed by atoms with Crippen molar-refractivity contribution in [1.29, 1.82) is 0 Å². The second kappa shape index (κ2) is 4.52. The molecule has 0 bridgehead atoms. The van der Waals surface area contributed by atoms with Crippen molar-refractivity contribution in [3.63, 3.8) is 0 Å². The molecule has 1 aromatic rings. The van der Waals surface area contributed by atoms with Crippen LogP contribution in [0.25, 0.3) is 0 Å². The van der Waals surface area contributed by atoms with E-state index in [1.54, 1.807) is 0 Å². The van der Waals surface area contributed by atoms with Gasteiger partial charge in [-0.2, -0.15) is 0 Å². The maximum absolute atomic E-state index is 11.2. The highest BCUT2D eigenvalue weighted by Gasteiger charge is 2.09. The highest BCUT2D eigenvalue weighted by Crippen LogP contribution is 2.12. The third-order valence-electron chi connectivity index (χ3n) is 1.36. The minimum absolute atomic E-state index is 0.0619. The average Bonchev–Trinajstić information content (AvgIpc) is 2.60. The fraction of sp³-hybridized carbons (Fsp3) is 0.143. The van der Waals surface area contributed by atoms with Crippen LogP contribution in [0.2, 0.25) is 5.22 Å². The SMILES string of the molecule is N/C(CNC(=O)c1ccc(Cl)o1)=N/O. The van der Waals surface area contributed by atoms with E-state index in [1.807, 2.05) is 0 Å². The van der Waals surface area contributed by atoms with Crippen molar-refractivity contribution < 1.29 is 14.4 Å². The number of carbonyl (C=O) groups is 1. The molecular weight excluding hydrogens is 210 g/mol. The highest BCUT2D eigenvalue weighted by molar-refractivity contribution is 6.29. The molecule has 0 unspecified atom stereocenters. The van der Waals surface area contributed by atoms with Gasteiger partial charge in [0.1, 0.15) is 0 Å². The monoisotopic (exact) mass is 217 g/mol. The van der Waals surface area contributed by atoms with Crippen LogP contribution in [0.3, 0.4) is 0 Å². The average molecular weight is 218 g/mol. The fourth-order valence-corrected chi connectivity index (χ4v) is 0.876. The Balaban J connectivity index is 2.51. The summed E-state index contributed by atoms with van der Waals surface area (Å²) in [6.45, 7) is -0.0619. The molecule has 1 heterocycles. The van der Waals surface area contributed by atoms with Gasteiger partial charge in [-0.15, -0.1) is 0 Å². The standard InChI is InChI=1S/C7H8ClN3O3/c8-5-2-1-4(14-5)7(12)10-3-6(9)11-13/h1-2,13H,3H2,(H2,9,11)(H,10,12). The van der Waals surface area contributed by atoms with Crippen LogP contribution in [0.4, 0.5) is 0 Å². The van der Waals surface area contributed by atoms with Gasteiger partial charge in [0.25, 0.3) is 5.91 Å². The zero-order valence-corrected chi connectivity index (χ0v) is 7.78. The molecule has 0 aliphatic rings. The van der Waals surface area contributed by atoms with Gasteiger partial charge in [-0.1, -0.05) is 5.16 Å². The number of furan rings is 1. The van der Waals surface area contributed by atoms with Crippen LogP contribution in [0, 0.1) is 0 Å². The van der Waals surface area contributed by atoms with E-state index in [0.717, 1.165) is 0 Å². The number of hydrogen-bond acceptors (Lipinski definition) is 4. The van der Waals surface area contributed by atoms with Gasteiger partial charge in [-0.05, 0) is 23.7 Å². The molecule has 6 nitrogen and oxygen atoms in total. The molecular formula is C7H8ClN3O3. The van der Waals surface area contributed by atoms with E-state index in [1.165, 1.54) is 12.1 Å². The Morgan fingerprint density at radius 3 is 2.93 bits per heavy atom. The van der Waals surface area contributed by atoms with E-state index < -0.39 is 5.91 Å². The quantitative estimate of drug-likeness (QED) is 0.295. The van der Waals surface area contributed by atoms with Crippen molar-refractivity contribution in [3.8, 4) is 0 Å². The maximum atomic E-state index is 11.2. The molecule has 0 aliphatic heterocycles. The Labute approximate surface area is 84.3 Å². The summed E-state index contributed by atoms with van der Waals surface area (Å²) >= 11 is 5.46. The van der Waals surface area contributed by atoms with Crippen LogP contribution in [0.1, 0.15) is 10.6 Å². The van der Waals surface area contributed by atoms with Gasteiger partial charge >= 0.3 is 0 Å². The molecule has 0 atom stereocenters. The van der Waals surface area contributed by atoms with Crippen molar-refractivity contribution in [2.24, 2.45) is 10.9 Å². The number of halogens is 1. The predicted molar refractivity (Wildman–Crippen MR) is 49.5 cm³/mol. The van der Waals surface area contributed by atoms with E-state index in [9.17, 15) is 4.79 Å². The van der Waals surface area contributed by atoms with Crippen LogP contribution in [0.5, 0.6) is 0 Å². The first kappa shape index (κ1) is 10.4. The third-order valence-corrected chi connectivity index (χ3v) is 1.56. The molecule has 14 heavy (non-hydrogen) atoms. The molecule has 0 saturated carbocycles. The van der Waals surface area contributed by atoms with Gasteiger partial charge < -0.3 is 20.7 Å². The summed E-state index contributed by atoms with van der Waals surface area (Å²) in [7, 11) is 0. The van der Waals surface area contributed by atoms with Crippen LogP contribution >= 0.6 is 11.6 Å². The lowest BCUT2D eigenvalue weighted by Crippen LogP contribution is -2.33. The second-order valence-corrected chi connectivity index (χ2v) is 2.75. The van der Waals surface area contributed by atoms with Gasteiger partial charge in [0.2, 0.25) is 0 Å². The van der Waals surface area contributed by atoms with Gasteiger partial charge in [-0.25, -0.2) is 0 Å². The van der Waals surface area contributed by atoms with Crippen molar-refractivity contribution in [1.82, 2.24) is 5.32 Å². The largest absolute Gasteiger partial charge is 0.440 e. The van der Waals surface area contributed by atoms with Gasteiger partial charge in [0.15, 0.2) is 16.8 Å². The van der Waals surface area contributed by atoms with E-state index in [0.29, 0.717) is 0 Å². The van der Waals surface area contributed by atoms with Gasteiger partial charge in [0, 0.05) is 0 Å². The van der Waals surface area contributed by atoms with Crippen LogP contribution in [-0.2, 0) is 0 Å². The van der Waals surface area contributed by atoms with Gasteiger partial charge in [-0.3, -0.25) is 4.79 Å². The van der Waals surface area contributed by atoms with Crippen LogP contribution < -0.4 is 11.1 Å². The van der Waals surface area contributed by atoms with Crippen LogP contribution in [-0.4, -0.2) is 23.5 Å². The predicted octanol–water partition coefficient (Wildman–Crippen LogP) is 0.409. The number of hydrogen-bond donors (Lipinski definition) is 3. The number of amidine groups is 1. The number of nitrogens with one attached hydrogen (secondary N) is 1. The summed E-state index contributed by atoms with van der Waals surface area (Å²) in [6, 6.07) is 2.86. The molecule has 1 amide bonds. The number of nitrogens with two attached hydrogens (primary N) is 1. The van der Waals surface area contributed by atoms with E-state index in [4.69, 9.17) is 27.0 Å².